The summed E-state index contributed by atoms with van der Waals surface area (Å²) in [6.45, 7) is 1.75. The van der Waals surface area contributed by atoms with E-state index < -0.39 is 11.9 Å². The molecule has 2 N–H and O–H groups in total. The molecule has 2 unspecified atom stereocenters. The highest BCUT2D eigenvalue weighted by Gasteiger charge is 2.17. The lowest BCUT2D eigenvalue weighted by Gasteiger charge is -2.15. The number of carbonyl (C=O) groups is 1. The van der Waals surface area contributed by atoms with Crippen LogP contribution in [0.3, 0.4) is 0 Å². The summed E-state index contributed by atoms with van der Waals surface area (Å²) in [5.74, 6) is -0.348. The predicted molar refractivity (Wildman–Crippen MR) is 93.4 cm³/mol. The van der Waals surface area contributed by atoms with Gasteiger partial charge < -0.3 is 10.4 Å². The number of halogens is 2. The number of rotatable bonds is 6. The standard InChI is InChI=1S/C17H17ClFNO2S/c1-11(23-10-16(21)12-5-3-2-4-6-12)17(22)20-13-7-8-15(19)14(18)9-13/h2-9,11,16,21H,10H2,1H3,(H,20,22). The molecular weight excluding hydrogens is 337 g/mol. The Morgan fingerprint density at radius 3 is 2.65 bits per heavy atom. The predicted octanol–water partition coefficient (Wildman–Crippen LogP) is 4.27. The molecule has 0 aliphatic carbocycles. The molecule has 0 saturated heterocycles. The van der Waals surface area contributed by atoms with Crippen molar-refractivity contribution in [2.45, 2.75) is 18.3 Å². The second kappa shape index (κ2) is 8.34. The Hall–Kier alpha value is -1.56. The fraction of sp³-hybridized carbons (Fsp3) is 0.235. The first-order valence-electron chi connectivity index (χ1n) is 7.08. The Morgan fingerprint density at radius 1 is 1.30 bits per heavy atom. The van der Waals surface area contributed by atoms with Crippen molar-refractivity contribution in [1.82, 2.24) is 0 Å². The van der Waals surface area contributed by atoms with Crippen molar-refractivity contribution in [2.75, 3.05) is 11.1 Å². The zero-order chi connectivity index (χ0) is 16.8. The number of aliphatic hydroxyl groups excluding tert-OH is 1. The summed E-state index contributed by atoms with van der Waals surface area (Å²) in [5.41, 5.74) is 1.26. The van der Waals surface area contributed by atoms with Gasteiger partial charge in [-0.25, -0.2) is 4.39 Å². The van der Waals surface area contributed by atoms with Gasteiger partial charge in [0.25, 0.3) is 0 Å². The quantitative estimate of drug-likeness (QED) is 0.815. The number of benzene rings is 2. The minimum absolute atomic E-state index is 0.0393. The van der Waals surface area contributed by atoms with Gasteiger partial charge in [-0.05, 0) is 30.7 Å². The van der Waals surface area contributed by atoms with Gasteiger partial charge in [-0.15, -0.1) is 11.8 Å². The maximum atomic E-state index is 13.1. The molecule has 6 heteroatoms. The van der Waals surface area contributed by atoms with E-state index in [-0.39, 0.29) is 16.2 Å². The minimum Gasteiger partial charge on any atom is -0.388 e. The summed E-state index contributed by atoms with van der Waals surface area (Å²) >= 11 is 7.03. The van der Waals surface area contributed by atoms with Gasteiger partial charge in [0.15, 0.2) is 0 Å². The van der Waals surface area contributed by atoms with Crippen LogP contribution in [0, 0.1) is 5.82 Å². The monoisotopic (exact) mass is 353 g/mol. The topological polar surface area (TPSA) is 49.3 Å². The van der Waals surface area contributed by atoms with Crippen LogP contribution in [-0.2, 0) is 4.79 Å². The summed E-state index contributed by atoms with van der Waals surface area (Å²) in [4.78, 5) is 12.1. The first kappa shape index (κ1) is 17.8. The van der Waals surface area contributed by atoms with Crippen LogP contribution >= 0.6 is 23.4 Å². The molecule has 0 aliphatic rings. The van der Waals surface area contributed by atoms with E-state index >= 15 is 0 Å². The van der Waals surface area contributed by atoms with E-state index in [0.717, 1.165) is 5.56 Å². The van der Waals surface area contributed by atoms with Gasteiger partial charge in [0, 0.05) is 11.4 Å². The minimum atomic E-state index is -0.628. The second-order valence-corrected chi connectivity index (χ2v) is 6.80. The molecule has 0 aromatic heterocycles. The number of amides is 1. The van der Waals surface area contributed by atoms with Gasteiger partial charge in [0.05, 0.1) is 16.4 Å². The second-order valence-electron chi connectivity index (χ2n) is 5.02. The molecule has 2 aromatic rings. The van der Waals surface area contributed by atoms with Crippen LogP contribution in [0.5, 0.6) is 0 Å². The van der Waals surface area contributed by atoms with Crippen LogP contribution < -0.4 is 5.32 Å². The van der Waals surface area contributed by atoms with Crippen LogP contribution in [0.4, 0.5) is 10.1 Å². The number of carbonyl (C=O) groups excluding carboxylic acids is 1. The van der Waals surface area contributed by atoms with Crippen molar-refractivity contribution < 1.29 is 14.3 Å². The molecule has 2 aromatic carbocycles. The average molecular weight is 354 g/mol. The average Bonchev–Trinajstić information content (AvgIpc) is 2.56. The molecule has 0 saturated carbocycles. The van der Waals surface area contributed by atoms with Crippen LogP contribution in [-0.4, -0.2) is 22.0 Å². The van der Waals surface area contributed by atoms with Crippen molar-refractivity contribution in [1.29, 1.82) is 0 Å². The highest BCUT2D eigenvalue weighted by molar-refractivity contribution is 8.00. The number of thioether (sulfide) groups is 1. The molecule has 0 radical (unpaired) electrons. The number of hydrogen-bond acceptors (Lipinski definition) is 3. The lowest BCUT2D eigenvalue weighted by Crippen LogP contribution is -2.23. The van der Waals surface area contributed by atoms with E-state index in [1.807, 2.05) is 30.3 Å². The largest absolute Gasteiger partial charge is 0.388 e. The molecule has 1 amide bonds. The van der Waals surface area contributed by atoms with Crippen LogP contribution in [0.25, 0.3) is 0 Å². The molecule has 0 heterocycles. The third kappa shape index (κ3) is 5.23. The first-order chi connectivity index (χ1) is 11.0. The molecule has 23 heavy (non-hydrogen) atoms. The summed E-state index contributed by atoms with van der Waals surface area (Å²) in [6, 6.07) is 13.3. The number of anilines is 1. The van der Waals surface area contributed by atoms with E-state index in [2.05, 4.69) is 5.32 Å². The number of nitrogens with one attached hydrogen (secondary N) is 1. The van der Waals surface area contributed by atoms with Crippen molar-refractivity contribution >= 4 is 35.0 Å². The Bertz CT molecular complexity index is 669. The zero-order valence-corrected chi connectivity index (χ0v) is 14.1. The molecule has 0 fully saturated rings. The normalized spacial score (nSPS) is 13.4. The van der Waals surface area contributed by atoms with Gasteiger partial charge in [0.1, 0.15) is 5.82 Å². The fourth-order valence-corrected chi connectivity index (χ4v) is 2.95. The zero-order valence-electron chi connectivity index (χ0n) is 12.5. The van der Waals surface area contributed by atoms with Crippen molar-refractivity contribution in [3.63, 3.8) is 0 Å². The lowest BCUT2D eigenvalue weighted by molar-refractivity contribution is -0.115. The van der Waals surface area contributed by atoms with Crippen molar-refractivity contribution in [3.8, 4) is 0 Å². The molecule has 2 rings (SSSR count). The molecule has 122 valence electrons. The Labute approximate surface area is 143 Å². The van der Waals surface area contributed by atoms with Crippen molar-refractivity contribution in [3.05, 3.63) is 64.9 Å². The van der Waals surface area contributed by atoms with E-state index in [1.165, 1.54) is 30.0 Å². The number of hydrogen-bond donors (Lipinski definition) is 2. The fourth-order valence-electron chi connectivity index (χ4n) is 1.90. The first-order valence-corrected chi connectivity index (χ1v) is 8.50. The van der Waals surface area contributed by atoms with Crippen molar-refractivity contribution in [2.24, 2.45) is 0 Å². The molecule has 0 aliphatic heterocycles. The highest BCUT2D eigenvalue weighted by atomic mass is 35.5. The van der Waals surface area contributed by atoms with Gasteiger partial charge in [-0.2, -0.15) is 0 Å². The summed E-state index contributed by atoms with van der Waals surface area (Å²) in [7, 11) is 0. The van der Waals surface area contributed by atoms with Gasteiger partial charge in [-0.3, -0.25) is 4.79 Å². The summed E-state index contributed by atoms with van der Waals surface area (Å²) in [5, 5.41) is 12.4. The van der Waals surface area contributed by atoms with Crippen LogP contribution in [0.15, 0.2) is 48.5 Å². The third-order valence-corrected chi connectivity index (χ3v) is 4.76. The Morgan fingerprint density at radius 2 is 2.00 bits per heavy atom. The smallest absolute Gasteiger partial charge is 0.237 e. The Balaban J connectivity index is 1.86. The molecular formula is C17H17ClFNO2S. The summed E-state index contributed by atoms with van der Waals surface area (Å²) in [6.07, 6.45) is -0.628. The highest BCUT2D eigenvalue weighted by Crippen LogP contribution is 2.23. The van der Waals surface area contributed by atoms with E-state index in [9.17, 15) is 14.3 Å². The molecule has 0 bridgehead atoms. The SMILES string of the molecule is CC(SCC(O)c1ccccc1)C(=O)Nc1ccc(F)c(Cl)c1. The van der Waals surface area contributed by atoms with E-state index in [0.29, 0.717) is 11.4 Å². The number of aliphatic hydroxyl groups is 1. The maximum absolute atomic E-state index is 13.1. The summed E-state index contributed by atoms with van der Waals surface area (Å²) < 4.78 is 13.1. The molecule has 3 nitrogen and oxygen atoms in total. The van der Waals surface area contributed by atoms with Gasteiger partial charge in [0.2, 0.25) is 5.91 Å². The van der Waals surface area contributed by atoms with Gasteiger partial charge in [-0.1, -0.05) is 41.9 Å². The lowest BCUT2D eigenvalue weighted by atomic mass is 10.1. The maximum Gasteiger partial charge on any atom is 0.237 e. The molecule has 0 spiro atoms. The van der Waals surface area contributed by atoms with Crippen LogP contribution in [0.1, 0.15) is 18.6 Å². The van der Waals surface area contributed by atoms with E-state index in [4.69, 9.17) is 11.6 Å². The Kier molecular flexibility index (Phi) is 6.45. The van der Waals surface area contributed by atoms with Gasteiger partial charge >= 0.3 is 0 Å². The van der Waals surface area contributed by atoms with Crippen LogP contribution in [0.2, 0.25) is 5.02 Å². The third-order valence-electron chi connectivity index (χ3n) is 3.24. The van der Waals surface area contributed by atoms with E-state index in [1.54, 1.807) is 6.92 Å². The molecule has 2 atom stereocenters.